The van der Waals surface area contributed by atoms with E-state index in [1.165, 1.54) is 25.8 Å². The van der Waals surface area contributed by atoms with Crippen molar-refractivity contribution in [2.75, 3.05) is 50.1 Å². The summed E-state index contributed by atoms with van der Waals surface area (Å²) >= 11 is 0. The zero-order valence-electron chi connectivity index (χ0n) is 22.6. The Morgan fingerprint density at radius 2 is 2.03 bits per heavy atom. The number of ether oxygens (including phenoxy) is 1. The third-order valence-electron chi connectivity index (χ3n) is 9.29. The van der Waals surface area contributed by atoms with Crippen molar-refractivity contribution in [1.29, 1.82) is 5.26 Å². The van der Waals surface area contributed by atoms with Crippen LogP contribution in [0.2, 0.25) is 0 Å². The van der Waals surface area contributed by atoms with Crippen molar-refractivity contribution in [2.24, 2.45) is 0 Å². The highest BCUT2D eigenvalue weighted by atomic mass is 16.5. The predicted molar refractivity (Wildman–Crippen MR) is 152 cm³/mol. The molecule has 0 saturated carbocycles. The van der Waals surface area contributed by atoms with Crippen molar-refractivity contribution in [1.82, 2.24) is 14.8 Å². The lowest BCUT2D eigenvalue weighted by atomic mass is 9.95. The number of phenolic OH excluding ortho intramolecular Hbond substituents is 1. The molecule has 2 aromatic carbocycles. The summed E-state index contributed by atoms with van der Waals surface area (Å²) in [5, 5.41) is 26.6. The Morgan fingerprint density at radius 1 is 1.13 bits per heavy atom. The highest BCUT2D eigenvalue weighted by Gasteiger charge is 2.45. The van der Waals surface area contributed by atoms with E-state index in [0.717, 1.165) is 71.9 Å². The smallest absolute Gasteiger partial charge is 0.234 e. The number of fused-ring (bicyclic) bond motifs is 3. The van der Waals surface area contributed by atoms with Crippen molar-refractivity contribution >= 4 is 22.3 Å². The molecule has 39 heavy (non-hydrogen) atoms. The van der Waals surface area contributed by atoms with Gasteiger partial charge in [-0.1, -0.05) is 24.3 Å². The van der Waals surface area contributed by atoms with Gasteiger partial charge in [-0.3, -0.25) is 4.90 Å². The number of anilines is 2. The fraction of sp³-hybridized carbons (Fsp3) is 0.484. The molecule has 4 aliphatic rings. The van der Waals surface area contributed by atoms with Crippen LogP contribution >= 0.6 is 0 Å². The van der Waals surface area contributed by atoms with Crippen LogP contribution in [0, 0.1) is 11.3 Å². The van der Waals surface area contributed by atoms with Gasteiger partial charge in [-0.2, -0.15) is 10.2 Å². The number of phenols is 1. The lowest BCUT2D eigenvalue weighted by Crippen LogP contribution is -2.34. The van der Waals surface area contributed by atoms with Gasteiger partial charge in [-0.15, -0.1) is 0 Å². The Bertz CT molecular complexity index is 1450. The average molecular weight is 525 g/mol. The number of benzene rings is 2. The van der Waals surface area contributed by atoms with Gasteiger partial charge in [0.05, 0.1) is 0 Å². The third-order valence-corrected chi connectivity index (χ3v) is 9.29. The number of hydrogen-bond acceptors (Lipinski definition) is 8. The first-order chi connectivity index (χ1) is 19.1. The first kappa shape index (κ1) is 24.5. The zero-order valence-corrected chi connectivity index (χ0v) is 22.6. The number of nitriles is 1. The molecule has 0 spiro atoms. The quantitative estimate of drug-likeness (QED) is 0.447. The van der Waals surface area contributed by atoms with E-state index in [0.29, 0.717) is 36.7 Å². The molecule has 3 fully saturated rings. The molecule has 3 aromatic rings. The number of likely N-dealkylation sites (N-methyl/N-ethyl adjacent to an activating group) is 1. The van der Waals surface area contributed by atoms with Crippen LogP contribution in [-0.2, 0) is 13.0 Å². The van der Waals surface area contributed by atoms with Gasteiger partial charge in [-0.05, 0) is 57.1 Å². The molecular formula is C31H36N6O2. The van der Waals surface area contributed by atoms with Gasteiger partial charge in [0, 0.05) is 72.6 Å². The van der Waals surface area contributed by atoms with Crippen LogP contribution in [0.4, 0.5) is 11.5 Å². The van der Waals surface area contributed by atoms with Crippen LogP contribution in [0.25, 0.3) is 10.8 Å². The molecule has 1 aromatic heterocycles. The maximum Gasteiger partial charge on any atom is 0.234 e. The van der Waals surface area contributed by atoms with Crippen LogP contribution in [0.3, 0.4) is 0 Å². The number of hydrogen-bond donors (Lipinski definition) is 2. The topological polar surface area (TPSA) is 87.7 Å². The SMILES string of the molecule is CN1CCC[C@H]1COc1nc(NCC2CCC3CN23)c2c(c1C#N)CN(c1cc(O)cc3ccccc13)CC2. The second-order valence-electron chi connectivity index (χ2n) is 11.6. The van der Waals surface area contributed by atoms with E-state index < -0.39 is 0 Å². The van der Waals surface area contributed by atoms with E-state index in [4.69, 9.17) is 9.72 Å². The molecule has 0 bridgehead atoms. The maximum atomic E-state index is 10.5. The molecule has 2 N–H and O–H groups in total. The van der Waals surface area contributed by atoms with Crippen molar-refractivity contribution in [3.63, 3.8) is 0 Å². The van der Waals surface area contributed by atoms with Gasteiger partial charge in [-0.25, -0.2) is 0 Å². The summed E-state index contributed by atoms with van der Waals surface area (Å²) in [7, 11) is 2.14. The van der Waals surface area contributed by atoms with Crippen LogP contribution in [0.1, 0.15) is 42.4 Å². The molecule has 0 amide bonds. The van der Waals surface area contributed by atoms with Gasteiger partial charge in [0.15, 0.2) is 0 Å². The molecule has 7 rings (SSSR count). The summed E-state index contributed by atoms with van der Waals surface area (Å²) in [5.74, 6) is 1.56. The Morgan fingerprint density at radius 3 is 2.79 bits per heavy atom. The number of aromatic hydroxyl groups is 1. The predicted octanol–water partition coefficient (Wildman–Crippen LogP) is 4.11. The molecule has 8 heteroatoms. The summed E-state index contributed by atoms with van der Waals surface area (Å²) in [6, 6.07) is 15.9. The van der Waals surface area contributed by atoms with Crippen molar-refractivity contribution in [2.45, 2.75) is 56.8 Å². The second-order valence-corrected chi connectivity index (χ2v) is 11.6. The largest absolute Gasteiger partial charge is 0.508 e. The van der Waals surface area contributed by atoms with Crippen LogP contribution in [0.15, 0.2) is 36.4 Å². The lowest BCUT2D eigenvalue weighted by Gasteiger charge is -2.34. The van der Waals surface area contributed by atoms with Gasteiger partial charge in [0.25, 0.3) is 0 Å². The minimum atomic E-state index is 0.252. The highest BCUT2D eigenvalue weighted by molar-refractivity contribution is 5.95. The second kappa shape index (κ2) is 9.89. The summed E-state index contributed by atoms with van der Waals surface area (Å²) in [4.78, 5) is 12.1. The zero-order chi connectivity index (χ0) is 26.5. The number of likely N-dealkylation sites (tertiary alicyclic amines) is 1. The molecule has 3 unspecified atom stereocenters. The minimum Gasteiger partial charge on any atom is -0.508 e. The van der Waals surface area contributed by atoms with Crippen LogP contribution in [0.5, 0.6) is 11.6 Å². The van der Waals surface area contributed by atoms with Crippen molar-refractivity contribution in [3.8, 4) is 17.7 Å². The summed E-state index contributed by atoms with van der Waals surface area (Å²) in [5.41, 5.74) is 3.63. The molecule has 202 valence electrons. The van der Waals surface area contributed by atoms with E-state index in [-0.39, 0.29) is 5.75 Å². The summed E-state index contributed by atoms with van der Waals surface area (Å²) < 4.78 is 6.34. The Labute approximate surface area is 229 Å². The molecule has 3 saturated heterocycles. The first-order valence-electron chi connectivity index (χ1n) is 14.3. The third kappa shape index (κ3) is 4.54. The fourth-order valence-corrected chi connectivity index (χ4v) is 6.97. The van der Waals surface area contributed by atoms with E-state index in [9.17, 15) is 10.4 Å². The van der Waals surface area contributed by atoms with E-state index >= 15 is 0 Å². The first-order valence-corrected chi connectivity index (χ1v) is 14.3. The standard InChI is InChI=1S/C31H36N6O2/c1-35-11-4-6-23(35)19-39-31-27(15-32)28-18-36(29-14-24(38)13-20-5-2-3-7-25(20)29)12-10-26(28)30(34-31)33-16-21-8-9-22-17-37(21)22/h2-3,5,7,13-14,21-23,38H,4,6,8-12,16-19H2,1H3,(H,33,34)/t21?,22?,23-,37?/m0/s1. The van der Waals surface area contributed by atoms with Crippen LogP contribution in [-0.4, -0.2) is 77.8 Å². The van der Waals surface area contributed by atoms with E-state index in [1.807, 2.05) is 24.3 Å². The molecule has 5 heterocycles. The van der Waals surface area contributed by atoms with Gasteiger partial charge >= 0.3 is 0 Å². The van der Waals surface area contributed by atoms with Crippen LogP contribution < -0.4 is 15.0 Å². The molecule has 0 aliphatic carbocycles. The Kier molecular flexibility index (Phi) is 6.21. The maximum absolute atomic E-state index is 10.5. The number of rotatable bonds is 7. The number of nitrogens with zero attached hydrogens (tertiary/aromatic N) is 5. The molecule has 8 nitrogen and oxygen atoms in total. The molecule has 4 aliphatic heterocycles. The number of nitrogens with one attached hydrogen (secondary N) is 1. The molecule has 4 atom stereocenters. The minimum absolute atomic E-state index is 0.252. The monoisotopic (exact) mass is 524 g/mol. The van der Waals surface area contributed by atoms with Crippen molar-refractivity contribution < 1.29 is 9.84 Å². The molecule has 0 radical (unpaired) electrons. The average Bonchev–Trinajstić information content (AvgIpc) is 3.44. The Hall–Kier alpha value is -3.54. The van der Waals surface area contributed by atoms with Gasteiger partial charge in [0.2, 0.25) is 5.88 Å². The van der Waals surface area contributed by atoms with E-state index in [2.05, 4.69) is 39.2 Å². The Balaban J connectivity index is 1.23. The van der Waals surface area contributed by atoms with Crippen molar-refractivity contribution in [3.05, 3.63) is 53.1 Å². The number of pyridine rings is 1. The number of aromatic nitrogens is 1. The van der Waals surface area contributed by atoms with E-state index in [1.54, 1.807) is 6.07 Å². The fourth-order valence-electron chi connectivity index (χ4n) is 6.97. The summed E-state index contributed by atoms with van der Waals surface area (Å²) in [6.07, 6.45) is 5.57. The summed E-state index contributed by atoms with van der Waals surface area (Å²) in [6.45, 7) is 5.06. The normalized spacial score (nSPS) is 25.8. The van der Waals surface area contributed by atoms with Gasteiger partial charge < -0.3 is 25.0 Å². The lowest BCUT2D eigenvalue weighted by molar-refractivity contribution is 0.193. The van der Waals surface area contributed by atoms with Gasteiger partial charge in [0.1, 0.15) is 29.8 Å². The molecular weight excluding hydrogens is 488 g/mol. The highest BCUT2D eigenvalue weighted by Crippen LogP contribution is 2.39. The number of piperidine rings is 1.